The van der Waals surface area contributed by atoms with Crippen LogP contribution in [0.2, 0.25) is 0 Å². The van der Waals surface area contributed by atoms with Gasteiger partial charge in [-0.25, -0.2) is 8.78 Å². The van der Waals surface area contributed by atoms with Crippen LogP contribution in [0, 0.1) is 0 Å². The molecule has 0 aliphatic carbocycles. The third kappa shape index (κ3) is 3.28. The second-order valence-corrected chi connectivity index (χ2v) is 5.15. The highest BCUT2D eigenvalue weighted by atomic mass is 19.4. The van der Waals surface area contributed by atoms with Crippen LogP contribution in [-0.4, -0.2) is 52.9 Å². The second kappa shape index (κ2) is 6.22. The Labute approximate surface area is 133 Å². The lowest BCUT2D eigenvalue weighted by molar-refractivity contribution is -0.446. The molecule has 0 spiro atoms. The van der Waals surface area contributed by atoms with E-state index in [0.717, 1.165) is 0 Å². The van der Waals surface area contributed by atoms with Crippen LogP contribution in [0.5, 0.6) is 0 Å². The molecule has 0 aliphatic heterocycles. The van der Waals surface area contributed by atoms with Gasteiger partial charge >= 0.3 is 36.0 Å². The van der Waals surface area contributed by atoms with Crippen molar-refractivity contribution in [2.24, 2.45) is 0 Å². The molecule has 16 heteroatoms. The summed E-state index contributed by atoms with van der Waals surface area (Å²) in [5, 5.41) is 8.59. The molecule has 158 valence electrons. The van der Waals surface area contributed by atoms with Crippen LogP contribution < -0.4 is 0 Å². The van der Waals surface area contributed by atoms with Crippen molar-refractivity contribution in [2.45, 2.75) is 61.2 Å². The third-order valence-corrected chi connectivity index (χ3v) is 3.14. The normalized spacial score (nSPS) is 19.3. The predicted octanol–water partition coefficient (Wildman–Crippen LogP) is 5.13. The molecule has 0 aliphatic rings. The van der Waals surface area contributed by atoms with Gasteiger partial charge in [0.05, 0.1) is 6.10 Å². The van der Waals surface area contributed by atoms with Gasteiger partial charge in [0.15, 0.2) is 0 Å². The van der Waals surface area contributed by atoms with E-state index >= 15 is 0 Å². The molecule has 2 unspecified atom stereocenters. The largest absolute Gasteiger partial charge is 0.457 e. The average molecular weight is 428 g/mol. The highest BCUT2D eigenvalue weighted by Gasteiger charge is 2.94. The molecule has 1 N–H and O–H groups in total. The first kappa shape index (κ1) is 24.9. The minimum atomic E-state index is -8.13. The van der Waals surface area contributed by atoms with Gasteiger partial charge < -0.3 is 5.11 Å². The fourth-order valence-corrected chi connectivity index (χ4v) is 1.88. The van der Waals surface area contributed by atoms with Crippen molar-refractivity contribution in [1.29, 1.82) is 0 Å². The number of hydrogen-bond donors (Lipinski definition) is 1. The SMILES string of the molecule is CC(O)CC(F)(C(F)(F)C(F)(F)F)C(F)(F)C(F)(C(F)(F)F)C(F)(F)F. The molecule has 0 heterocycles. The van der Waals surface area contributed by atoms with Gasteiger partial charge in [-0.2, -0.15) is 57.1 Å². The number of halogens is 15. The molecule has 0 aromatic carbocycles. The Kier molecular flexibility index (Phi) is 5.96. The van der Waals surface area contributed by atoms with Crippen molar-refractivity contribution in [3.63, 3.8) is 0 Å². The van der Waals surface area contributed by atoms with Gasteiger partial charge in [-0.15, -0.1) is 0 Å². The number of alkyl halides is 15. The Morgan fingerprint density at radius 1 is 0.577 bits per heavy atom. The fourth-order valence-electron chi connectivity index (χ4n) is 1.88. The highest BCUT2D eigenvalue weighted by molar-refractivity contribution is 5.19. The molecular weight excluding hydrogens is 421 g/mol. The van der Waals surface area contributed by atoms with Gasteiger partial charge in [0.2, 0.25) is 0 Å². The second-order valence-electron chi connectivity index (χ2n) is 5.15. The van der Waals surface area contributed by atoms with Crippen LogP contribution in [0.3, 0.4) is 0 Å². The Balaban J connectivity index is 7.05. The first-order valence-corrected chi connectivity index (χ1v) is 5.93. The molecule has 0 fully saturated rings. The number of hydrogen-bond acceptors (Lipinski definition) is 1. The molecule has 0 saturated carbocycles. The van der Waals surface area contributed by atoms with Gasteiger partial charge in [-0.1, -0.05) is 0 Å². The number of aliphatic hydroxyl groups is 1. The molecule has 0 saturated heterocycles. The lowest BCUT2D eigenvalue weighted by atomic mass is 9.76. The van der Waals surface area contributed by atoms with Crippen molar-refractivity contribution >= 4 is 0 Å². The van der Waals surface area contributed by atoms with E-state index in [4.69, 9.17) is 5.11 Å². The standard InChI is InChI=1S/C10H7F15O/c1-3(26)2-4(11,7(15,16)10(23,24)25)6(13,14)5(12,8(17,18)19)9(20,21)22/h3,26H,2H2,1H3. The van der Waals surface area contributed by atoms with Crippen LogP contribution >= 0.6 is 0 Å². The first-order chi connectivity index (χ1) is 10.9. The maximum absolute atomic E-state index is 14.0. The van der Waals surface area contributed by atoms with Crippen molar-refractivity contribution in [3.05, 3.63) is 0 Å². The van der Waals surface area contributed by atoms with Crippen molar-refractivity contribution in [3.8, 4) is 0 Å². The van der Waals surface area contributed by atoms with Gasteiger partial charge in [0, 0.05) is 6.42 Å². The zero-order chi connectivity index (χ0) is 21.8. The third-order valence-electron chi connectivity index (χ3n) is 3.14. The van der Waals surface area contributed by atoms with Crippen molar-refractivity contribution in [2.75, 3.05) is 0 Å². The zero-order valence-electron chi connectivity index (χ0n) is 11.9. The molecule has 0 aromatic heterocycles. The number of rotatable bonds is 5. The van der Waals surface area contributed by atoms with E-state index in [-0.39, 0.29) is 6.92 Å². The highest BCUT2D eigenvalue weighted by Crippen LogP contribution is 2.64. The first-order valence-electron chi connectivity index (χ1n) is 5.93. The van der Waals surface area contributed by atoms with Crippen LogP contribution in [0.1, 0.15) is 13.3 Å². The van der Waals surface area contributed by atoms with Gasteiger partial charge in [0.25, 0.3) is 5.67 Å². The van der Waals surface area contributed by atoms with Crippen LogP contribution in [-0.2, 0) is 0 Å². The summed E-state index contributed by atoms with van der Waals surface area (Å²) >= 11 is 0. The fraction of sp³-hybridized carbons (Fsp3) is 1.00. The van der Waals surface area contributed by atoms with Crippen LogP contribution in [0.15, 0.2) is 0 Å². The Hall–Kier alpha value is -1.09. The summed E-state index contributed by atoms with van der Waals surface area (Å²) in [6.07, 6.45) is -29.5. The minimum Gasteiger partial charge on any atom is -0.393 e. The summed E-state index contributed by atoms with van der Waals surface area (Å²) in [7, 11) is 0. The molecule has 0 aromatic rings. The van der Waals surface area contributed by atoms with Crippen LogP contribution in [0.25, 0.3) is 0 Å². The van der Waals surface area contributed by atoms with E-state index in [2.05, 4.69) is 0 Å². The van der Waals surface area contributed by atoms with Crippen molar-refractivity contribution < 1.29 is 71.0 Å². The summed E-state index contributed by atoms with van der Waals surface area (Å²) in [4.78, 5) is 0. The van der Waals surface area contributed by atoms with E-state index < -0.39 is 54.2 Å². The topological polar surface area (TPSA) is 20.2 Å². The lowest BCUT2D eigenvalue weighted by Gasteiger charge is -2.46. The van der Waals surface area contributed by atoms with Gasteiger partial charge in [-0.3, -0.25) is 0 Å². The molecule has 26 heavy (non-hydrogen) atoms. The quantitative estimate of drug-likeness (QED) is 0.603. The summed E-state index contributed by atoms with van der Waals surface area (Å²) < 4.78 is 192. The van der Waals surface area contributed by atoms with Gasteiger partial charge in [-0.05, 0) is 6.92 Å². The van der Waals surface area contributed by atoms with Crippen LogP contribution in [0.4, 0.5) is 65.9 Å². The van der Waals surface area contributed by atoms with E-state index in [1.54, 1.807) is 0 Å². The monoisotopic (exact) mass is 428 g/mol. The number of aliphatic hydroxyl groups excluding tert-OH is 1. The molecule has 1 nitrogen and oxygen atoms in total. The zero-order valence-corrected chi connectivity index (χ0v) is 11.9. The van der Waals surface area contributed by atoms with Gasteiger partial charge in [0.1, 0.15) is 0 Å². The van der Waals surface area contributed by atoms with E-state index in [1.165, 1.54) is 0 Å². The Morgan fingerprint density at radius 2 is 0.885 bits per heavy atom. The molecule has 0 radical (unpaired) electrons. The van der Waals surface area contributed by atoms with E-state index in [9.17, 15) is 65.9 Å². The molecular formula is C10H7F15O. The lowest BCUT2D eigenvalue weighted by Crippen LogP contribution is -2.76. The molecule has 0 bridgehead atoms. The minimum absolute atomic E-state index is 0.00203. The molecule has 0 rings (SSSR count). The van der Waals surface area contributed by atoms with Crippen molar-refractivity contribution in [1.82, 2.24) is 0 Å². The summed E-state index contributed by atoms with van der Waals surface area (Å²) in [6.45, 7) is -0.00203. The predicted molar refractivity (Wildman–Crippen MR) is 52.0 cm³/mol. The summed E-state index contributed by atoms with van der Waals surface area (Å²) in [6, 6.07) is 0. The maximum Gasteiger partial charge on any atom is 0.457 e. The summed E-state index contributed by atoms with van der Waals surface area (Å²) in [5.74, 6) is -15.7. The van der Waals surface area contributed by atoms with E-state index in [0.29, 0.717) is 0 Å². The van der Waals surface area contributed by atoms with E-state index in [1.807, 2.05) is 0 Å². The Bertz CT molecular complexity index is 484. The summed E-state index contributed by atoms with van der Waals surface area (Å²) in [5.41, 5.74) is -15.3. The average Bonchev–Trinajstić information content (AvgIpc) is 2.31. The molecule has 2 atom stereocenters. The maximum atomic E-state index is 14.0. The molecule has 0 amide bonds. The Morgan fingerprint density at radius 3 is 1.08 bits per heavy atom. The smallest absolute Gasteiger partial charge is 0.393 e.